The molecule has 5 heteroatoms. The van der Waals surface area contributed by atoms with Crippen molar-refractivity contribution < 1.29 is 13.9 Å². The zero-order valence-corrected chi connectivity index (χ0v) is 12.7. The van der Waals surface area contributed by atoms with Crippen molar-refractivity contribution in [2.45, 2.75) is 35.7 Å². The fourth-order valence-electron chi connectivity index (χ4n) is 3.40. The number of ether oxygens (including phenoxy) is 1. The van der Waals surface area contributed by atoms with Crippen molar-refractivity contribution in [3.05, 3.63) is 34.6 Å². The molecule has 2 heterocycles. The fraction of sp³-hybridized carbons (Fsp3) is 0.533. The minimum Gasteiger partial charge on any atom is -0.469 e. The first-order valence-corrected chi connectivity index (χ1v) is 8.10. The second-order valence-corrected chi connectivity index (χ2v) is 7.39. The molecule has 2 saturated heterocycles. The molecule has 0 saturated carbocycles. The lowest BCUT2D eigenvalue weighted by atomic mass is 9.81. The Morgan fingerprint density at radius 3 is 2.95 bits per heavy atom. The SMILES string of the molecule is COC(=O)[C@@H]1C2CCC(C[C@H]1c1ccc(Cl)c(F)c1)S2. The summed E-state index contributed by atoms with van der Waals surface area (Å²) in [4.78, 5) is 12.1. The van der Waals surface area contributed by atoms with Gasteiger partial charge in [0.05, 0.1) is 18.1 Å². The van der Waals surface area contributed by atoms with E-state index in [9.17, 15) is 9.18 Å². The molecule has 0 aliphatic carbocycles. The number of methoxy groups -OCH3 is 1. The first-order valence-electron chi connectivity index (χ1n) is 6.78. The molecule has 3 rings (SSSR count). The van der Waals surface area contributed by atoms with Crippen LogP contribution in [-0.4, -0.2) is 23.6 Å². The van der Waals surface area contributed by atoms with Gasteiger partial charge in [-0.1, -0.05) is 17.7 Å². The van der Waals surface area contributed by atoms with Crippen LogP contribution >= 0.6 is 23.4 Å². The van der Waals surface area contributed by atoms with Crippen LogP contribution in [0.25, 0.3) is 0 Å². The second kappa shape index (κ2) is 5.57. The minimum atomic E-state index is -0.418. The summed E-state index contributed by atoms with van der Waals surface area (Å²) in [6.07, 6.45) is 3.08. The average Bonchev–Trinajstić information content (AvgIpc) is 2.82. The number of hydrogen-bond acceptors (Lipinski definition) is 3. The van der Waals surface area contributed by atoms with Crippen molar-refractivity contribution in [1.29, 1.82) is 0 Å². The summed E-state index contributed by atoms with van der Waals surface area (Å²) in [7, 11) is 1.42. The highest BCUT2D eigenvalue weighted by molar-refractivity contribution is 8.00. The van der Waals surface area contributed by atoms with Gasteiger partial charge in [-0.15, -0.1) is 0 Å². The fourth-order valence-corrected chi connectivity index (χ4v) is 5.34. The Morgan fingerprint density at radius 2 is 2.25 bits per heavy atom. The van der Waals surface area contributed by atoms with Crippen LogP contribution in [0, 0.1) is 11.7 Å². The van der Waals surface area contributed by atoms with Crippen molar-refractivity contribution in [3.8, 4) is 0 Å². The Morgan fingerprint density at radius 1 is 1.45 bits per heavy atom. The number of thioether (sulfide) groups is 1. The van der Waals surface area contributed by atoms with Gasteiger partial charge < -0.3 is 4.74 Å². The molecule has 0 aromatic heterocycles. The second-order valence-electron chi connectivity index (χ2n) is 5.44. The van der Waals surface area contributed by atoms with Crippen molar-refractivity contribution in [3.63, 3.8) is 0 Å². The summed E-state index contributed by atoms with van der Waals surface area (Å²) in [6, 6.07) is 4.88. The normalized spacial score (nSPS) is 32.1. The van der Waals surface area contributed by atoms with Crippen molar-refractivity contribution in [2.75, 3.05) is 7.11 Å². The van der Waals surface area contributed by atoms with Crippen molar-refractivity contribution in [2.24, 2.45) is 5.92 Å². The summed E-state index contributed by atoms with van der Waals surface area (Å²) in [5.74, 6) is -0.737. The molecule has 20 heavy (non-hydrogen) atoms. The number of hydrogen-bond donors (Lipinski definition) is 0. The zero-order chi connectivity index (χ0) is 14.3. The predicted octanol–water partition coefficient (Wildman–Crippen LogP) is 4.02. The lowest BCUT2D eigenvalue weighted by Crippen LogP contribution is -2.35. The van der Waals surface area contributed by atoms with E-state index in [1.807, 2.05) is 17.8 Å². The van der Waals surface area contributed by atoms with E-state index in [1.165, 1.54) is 13.2 Å². The van der Waals surface area contributed by atoms with Crippen LogP contribution in [0.4, 0.5) is 4.39 Å². The standard InChI is InChI=1S/C15H16ClFO2S/c1-19-15(18)14-10(7-9-3-5-13(14)20-9)8-2-4-11(16)12(17)6-8/h2,4,6,9-10,13-14H,3,5,7H2,1H3/t9?,10-,13?,14-/m0/s1. The quantitative estimate of drug-likeness (QED) is 0.771. The summed E-state index contributed by atoms with van der Waals surface area (Å²) >= 11 is 7.63. The lowest BCUT2D eigenvalue weighted by Gasteiger charge is -2.34. The van der Waals surface area contributed by atoms with Crippen LogP contribution in [0.15, 0.2) is 18.2 Å². The molecule has 2 fully saturated rings. The molecular formula is C15H16ClFO2S. The number of esters is 1. The van der Waals surface area contributed by atoms with Crippen LogP contribution in [0.5, 0.6) is 0 Å². The molecule has 108 valence electrons. The molecule has 0 amide bonds. The van der Waals surface area contributed by atoms with E-state index in [2.05, 4.69) is 0 Å². The Hall–Kier alpha value is -0.740. The number of carbonyl (C=O) groups is 1. The number of rotatable bonds is 2. The first kappa shape index (κ1) is 14.2. The van der Waals surface area contributed by atoms with Gasteiger partial charge in [0, 0.05) is 10.5 Å². The number of carbonyl (C=O) groups excluding carboxylic acids is 1. The largest absolute Gasteiger partial charge is 0.469 e. The summed E-state index contributed by atoms with van der Waals surface area (Å²) in [5, 5.41) is 0.992. The van der Waals surface area contributed by atoms with Gasteiger partial charge in [-0.3, -0.25) is 4.79 Å². The summed E-state index contributed by atoms with van der Waals surface area (Å²) < 4.78 is 18.7. The van der Waals surface area contributed by atoms with Crippen LogP contribution < -0.4 is 0 Å². The third-order valence-electron chi connectivity index (χ3n) is 4.34. The Bertz CT molecular complexity index is 537. The van der Waals surface area contributed by atoms with Crippen LogP contribution in [-0.2, 0) is 9.53 Å². The number of halogens is 2. The first-order chi connectivity index (χ1) is 9.60. The molecule has 2 unspecified atom stereocenters. The van der Waals surface area contributed by atoms with E-state index >= 15 is 0 Å². The van der Waals surface area contributed by atoms with Gasteiger partial charge in [0.1, 0.15) is 5.82 Å². The van der Waals surface area contributed by atoms with Gasteiger partial charge in [-0.05, 0) is 42.9 Å². The van der Waals surface area contributed by atoms with E-state index in [1.54, 1.807) is 6.07 Å². The molecule has 2 bridgehead atoms. The van der Waals surface area contributed by atoms with Gasteiger partial charge in [0.15, 0.2) is 0 Å². The molecule has 2 aliphatic heterocycles. The van der Waals surface area contributed by atoms with Gasteiger partial charge in [0.25, 0.3) is 0 Å². The molecule has 0 spiro atoms. The van der Waals surface area contributed by atoms with E-state index in [4.69, 9.17) is 16.3 Å². The van der Waals surface area contributed by atoms with Gasteiger partial charge in [0.2, 0.25) is 0 Å². The monoisotopic (exact) mass is 314 g/mol. The summed E-state index contributed by atoms with van der Waals surface area (Å²) in [5.41, 5.74) is 0.861. The third-order valence-corrected chi connectivity index (χ3v) is 6.33. The molecule has 0 radical (unpaired) electrons. The molecular weight excluding hydrogens is 299 g/mol. The Labute approximate surface area is 127 Å². The minimum absolute atomic E-state index is 0.0352. The van der Waals surface area contributed by atoms with E-state index in [0.29, 0.717) is 10.5 Å². The number of benzene rings is 1. The number of fused-ring (bicyclic) bond motifs is 2. The predicted molar refractivity (Wildman–Crippen MR) is 78.7 cm³/mol. The van der Waals surface area contributed by atoms with Crippen LogP contribution in [0.3, 0.4) is 0 Å². The van der Waals surface area contributed by atoms with Gasteiger partial charge in [-0.2, -0.15) is 11.8 Å². The van der Waals surface area contributed by atoms with Crippen molar-refractivity contribution in [1.82, 2.24) is 0 Å². The highest BCUT2D eigenvalue weighted by atomic mass is 35.5. The van der Waals surface area contributed by atoms with Crippen LogP contribution in [0.1, 0.15) is 30.7 Å². The molecule has 2 nitrogen and oxygen atoms in total. The zero-order valence-electron chi connectivity index (χ0n) is 11.1. The topological polar surface area (TPSA) is 26.3 Å². The smallest absolute Gasteiger partial charge is 0.310 e. The van der Waals surface area contributed by atoms with Crippen molar-refractivity contribution >= 4 is 29.3 Å². The highest BCUT2D eigenvalue weighted by Crippen LogP contribution is 2.53. The maximum absolute atomic E-state index is 13.7. The van der Waals surface area contributed by atoms with Gasteiger partial charge in [-0.25, -0.2) is 4.39 Å². The molecule has 2 aliphatic rings. The maximum Gasteiger partial charge on any atom is 0.310 e. The average molecular weight is 315 g/mol. The molecule has 0 N–H and O–H groups in total. The molecule has 1 aromatic rings. The highest BCUT2D eigenvalue weighted by Gasteiger charge is 2.47. The van der Waals surface area contributed by atoms with Gasteiger partial charge >= 0.3 is 5.97 Å². The van der Waals surface area contributed by atoms with Crippen LogP contribution in [0.2, 0.25) is 5.02 Å². The Kier molecular flexibility index (Phi) is 3.95. The Balaban J connectivity index is 1.96. The lowest BCUT2D eigenvalue weighted by molar-refractivity contribution is -0.146. The third kappa shape index (κ3) is 2.44. The molecule has 1 aromatic carbocycles. The molecule has 4 atom stereocenters. The van der Waals surface area contributed by atoms with E-state index in [-0.39, 0.29) is 22.8 Å². The van der Waals surface area contributed by atoms with E-state index in [0.717, 1.165) is 24.8 Å². The maximum atomic E-state index is 13.7. The van der Waals surface area contributed by atoms with E-state index < -0.39 is 5.82 Å². The summed E-state index contributed by atoms with van der Waals surface area (Å²) in [6.45, 7) is 0.